The Morgan fingerprint density at radius 2 is 0.417 bits per heavy atom. The normalized spacial score (nSPS) is 23.5. The van der Waals surface area contributed by atoms with Crippen LogP contribution in [0, 0.1) is 0 Å². The molecule has 0 saturated carbocycles. The molecule has 604 valence electrons. The number of hydrogen-bond acceptors (Lipinski definition) is 18. The predicted molar refractivity (Wildman–Crippen MR) is 436 cm³/mol. The van der Waals surface area contributed by atoms with E-state index in [0.29, 0.717) is 39.3 Å². The van der Waals surface area contributed by atoms with Gasteiger partial charge in [-0.2, -0.15) is 0 Å². The molecule has 0 bridgehead atoms. The Labute approximate surface area is 677 Å². The Balaban J connectivity index is 0.745. The van der Waals surface area contributed by atoms with Crippen LogP contribution in [0.2, 0.25) is 0 Å². The summed E-state index contributed by atoms with van der Waals surface area (Å²) < 4.78 is 125. The molecule has 3 fully saturated rings. The van der Waals surface area contributed by atoms with E-state index in [1.54, 1.807) is 6.08 Å². The quantitative estimate of drug-likeness (QED) is 0.0261. The van der Waals surface area contributed by atoms with Crippen LogP contribution in [0.15, 0.2) is 316 Å². The van der Waals surface area contributed by atoms with E-state index >= 15 is 0 Å². The topological polar surface area (TPSA) is 166 Å². The zero-order chi connectivity index (χ0) is 78.4. The summed E-state index contributed by atoms with van der Waals surface area (Å²) in [6.45, 7) is 8.31. The van der Waals surface area contributed by atoms with Gasteiger partial charge >= 0.3 is 0 Å². The van der Waals surface area contributed by atoms with Crippen molar-refractivity contribution in [3.8, 4) is 0 Å². The van der Waals surface area contributed by atoms with Crippen LogP contribution in [0.3, 0.4) is 0 Å². The highest BCUT2D eigenvalue weighted by molar-refractivity contribution is 5.22. The molecule has 115 heavy (non-hydrogen) atoms. The number of benzene rings is 10. The Bertz CT molecular complexity index is 4210. The molecule has 13 rings (SSSR count). The van der Waals surface area contributed by atoms with E-state index in [1.807, 2.05) is 303 Å². The van der Waals surface area contributed by atoms with Crippen molar-refractivity contribution in [1.82, 2.24) is 0 Å². The van der Waals surface area contributed by atoms with Gasteiger partial charge in [0.05, 0.1) is 106 Å². The maximum absolute atomic E-state index is 7.18. The van der Waals surface area contributed by atoms with Crippen LogP contribution >= 0.6 is 0 Å². The molecule has 10 aromatic rings. The van der Waals surface area contributed by atoms with Gasteiger partial charge in [0.15, 0.2) is 18.9 Å². The molecule has 0 aromatic heterocycles. The minimum Gasteiger partial charge on any atom is -0.379 e. The maximum Gasteiger partial charge on any atom is 0.187 e. The highest BCUT2D eigenvalue weighted by atomic mass is 16.7. The van der Waals surface area contributed by atoms with Gasteiger partial charge in [-0.25, -0.2) is 0 Å². The first-order chi connectivity index (χ1) is 57.0. The van der Waals surface area contributed by atoms with Crippen molar-refractivity contribution in [1.29, 1.82) is 0 Å². The van der Waals surface area contributed by atoms with Crippen LogP contribution in [0.4, 0.5) is 0 Å². The van der Waals surface area contributed by atoms with Crippen LogP contribution < -0.4 is 0 Å². The molecule has 0 aliphatic carbocycles. The van der Waals surface area contributed by atoms with Gasteiger partial charge in [-0.15, -0.1) is 6.58 Å². The first-order valence-electron chi connectivity index (χ1n) is 40.1. The fraction of sp³-hybridized carbons (Fsp3) is 0.361. The third kappa shape index (κ3) is 26.9. The summed E-state index contributed by atoms with van der Waals surface area (Å²) in [5.41, 5.74) is 9.91. The lowest BCUT2D eigenvalue weighted by Gasteiger charge is -2.46. The molecule has 0 unspecified atom stereocenters. The van der Waals surface area contributed by atoms with E-state index in [1.165, 1.54) is 0 Å². The van der Waals surface area contributed by atoms with Gasteiger partial charge in [-0.05, 0) is 68.5 Å². The van der Waals surface area contributed by atoms with Crippen LogP contribution in [0.25, 0.3) is 0 Å². The van der Waals surface area contributed by atoms with E-state index in [9.17, 15) is 0 Å². The van der Waals surface area contributed by atoms with Crippen LogP contribution in [0.5, 0.6) is 0 Å². The van der Waals surface area contributed by atoms with E-state index < -0.39 is 92.1 Å². The van der Waals surface area contributed by atoms with Crippen molar-refractivity contribution in [3.05, 3.63) is 372 Å². The van der Waals surface area contributed by atoms with Gasteiger partial charge in [-0.1, -0.05) is 309 Å². The molecule has 3 heterocycles. The van der Waals surface area contributed by atoms with Crippen LogP contribution in [0.1, 0.15) is 68.5 Å². The Morgan fingerprint density at radius 3 is 0.687 bits per heavy atom. The van der Waals surface area contributed by atoms with E-state index in [-0.39, 0.29) is 92.5 Å². The standard InChI is InChI=1S/C97H108O18/c1-2-55-102-95-92(110-67-80-49-27-10-28-50-80)89(107-64-77-43-21-7-22-44-77)86(101-57-34-59-104-97-94(112-69-82-53-31-12-32-54-82)91(109-66-79-47-25-9-26-48-79)88(106-63-76-41-19-6-20-42-76)85(115-97)72-100-61-74-37-15-4-16-38-74)83(113-95)70-98-56-33-58-103-96-93(111-68-81-51-29-11-30-52-81)90(108-65-78-45-23-8-24-46-78)87(105-62-75-39-17-5-18-40-75)84(114-96)71-99-60-73-35-13-3-14-36-73/h2-32,35-54,83-97H,1,33-34,55-72H2/t83-,84-,85-,86-,87+,88+,89+,90+,91+,92-,93-,94-,95-,96-,97-/m1/s1. The maximum atomic E-state index is 7.18. The molecule has 18 heteroatoms. The van der Waals surface area contributed by atoms with Gasteiger partial charge < -0.3 is 85.3 Å². The summed E-state index contributed by atoms with van der Waals surface area (Å²) in [5.74, 6) is 0. The molecule has 3 aliphatic rings. The van der Waals surface area contributed by atoms with Crippen molar-refractivity contribution in [2.24, 2.45) is 0 Å². The Morgan fingerprint density at radius 1 is 0.209 bits per heavy atom. The van der Waals surface area contributed by atoms with Gasteiger partial charge in [0.2, 0.25) is 0 Å². The summed E-state index contributed by atoms with van der Waals surface area (Å²) in [6, 6.07) is 101. The lowest BCUT2D eigenvalue weighted by molar-refractivity contribution is -0.331. The van der Waals surface area contributed by atoms with Crippen molar-refractivity contribution in [2.75, 3.05) is 52.9 Å². The summed E-state index contributed by atoms with van der Waals surface area (Å²) >= 11 is 0. The molecule has 0 spiro atoms. The fourth-order valence-corrected chi connectivity index (χ4v) is 14.2. The molecule has 0 amide bonds. The summed E-state index contributed by atoms with van der Waals surface area (Å²) in [6.07, 6.45) is -8.82. The minimum absolute atomic E-state index is 0.0765. The number of hydrogen-bond donors (Lipinski definition) is 0. The highest BCUT2D eigenvalue weighted by Gasteiger charge is 2.52. The third-order valence-electron chi connectivity index (χ3n) is 20.1. The largest absolute Gasteiger partial charge is 0.379 e. The van der Waals surface area contributed by atoms with Gasteiger partial charge in [0.1, 0.15) is 73.2 Å². The minimum atomic E-state index is -0.946. The predicted octanol–water partition coefficient (Wildman–Crippen LogP) is 16.7. The molecule has 0 N–H and O–H groups in total. The molecular weight excluding hydrogens is 1450 g/mol. The second kappa shape index (κ2) is 47.4. The molecule has 15 atom stereocenters. The van der Waals surface area contributed by atoms with E-state index in [2.05, 4.69) is 6.58 Å². The number of ether oxygens (including phenoxy) is 18. The average molecular weight is 1560 g/mol. The summed E-state index contributed by atoms with van der Waals surface area (Å²) in [5, 5.41) is 0. The molecule has 3 aliphatic heterocycles. The lowest BCUT2D eigenvalue weighted by atomic mass is 9.97. The molecule has 3 saturated heterocycles. The summed E-state index contributed by atoms with van der Waals surface area (Å²) in [4.78, 5) is 0. The fourth-order valence-electron chi connectivity index (χ4n) is 14.2. The third-order valence-corrected chi connectivity index (χ3v) is 20.1. The van der Waals surface area contributed by atoms with Crippen LogP contribution in [-0.4, -0.2) is 145 Å². The van der Waals surface area contributed by atoms with Gasteiger partial charge in [-0.3, -0.25) is 0 Å². The van der Waals surface area contributed by atoms with Gasteiger partial charge in [0.25, 0.3) is 0 Å². The van der Waals surface area contributed by atoms with Crippen molar-refractivity contribution in [3.63, 3.8) is 0 Å². The molecular formula is C97H108O18. The zero-order valence-corrected chi connectivity index (χ0v) is 65.3. The van der Waals surface area contributed by atoms with E-state index in [0.717, 1.165) is 55.6 Å². The number of rotatable bonds is 48. The SMILES string of the molecule is C=CCO[C@@H]1O[C@H](COCCCO[C@@H]2O[C@H](COCc3ccccc3)[C@H](OCc3ccccc3)[C@H](OCc3ccccc3)[C@H]2OCc2ccccc2)[C@@H](OCCCO[C@@H]2O[C@H](COCc3ccccc3)[C@H](OCc3ccccc3)[C@H](OCc3ccccc3)[C@H]2OCc2ccccc2)[C@H](OCc2ccccc2)[C@H]1OCc1ccccc1. The molecule has 18 nitrogen and oxygen atoms in total. The lowest BCUT2D eigenvalue weighted by Crippen LogP contribution is -2.62. The van der Waals surface area contributed by atoms with Crippen molar-refractivity contribution < 1.29 is 85.3 Å². The first-order valence-corrected chi connectivity index (χ1v) is 40.1. The van der Waals surface area contributed by atoms with Crippen molar-refractivity contribution in [2.45, 2.75) is 171 Å². The monoisotopic (exact) mass is 1560 g/mol. The highest BCUT2D eigenvalue weighted by Crippen LogP contribution is 2.36. The Kier molecular flexibility index (Phi) is 34.7. The molecule has 0 radical (unpaired) electrons. The smallest absolute Gasteiger partial charge is 0.187 e. The zero-order valence-electron chi connectivity index (χ0n) is 65.3. The van der Waals surface area contributed by atoms with Gasteiger partial charge in [0, 0.05) is 13.2 Å². The second-order valence-electron chi connectivity index (χ2n) is 28.7. The Hall–Kier alpha value is -8.78. The van der Waals surface area contributed by atoms with E-state index in [4.69, 9.17) is 85.3 Å². The second-order valence-corrected chi connectivity index (χ2v) is 28.7. The summed E-state index contributed by atoms with van der Waals surface area (Å²) in [7, 11) is 0. The van der Waals surface area contributed by atoms with Crippen molar-refractivity contribution >= 4 is 0 Å². The molecule has 10 aromatic carbocycles. The first kappa shape index (κ1) is 84.1. The van der Waals surface area contributed by atoms with Crippen LogP contribution in [-0.2, 0) is 151 Å². The average Bonchev–Trinajstić information content (AvgIpc) is 0.798.